The maximum absolute atomic E-state index is 4.76. The summed E-state index contributed by atoms with van der Waals surface area (Å²) in [5, 5.41) is 3.67. The number of aromatic nitrogens is 2. The van der Waals surface area contributed by atoms with E-state index in [-0.39, 0.29) is 5.41 Å². The molecular weight excluding hydrogens is 348 g/mol. The molecule has 0 spiro atoms. The van der Waals surface area contributed by atoms with Gasteiger partial charge in [0.05, 0.1) is 15.6 Å². The highest BCUT2D eigenvalue weighted by molar-refractivity contribution is 7.15. The van der Waals surface area contributed by atoms with Crippen molar-refractivity contribution in [2.45, 2.75) is 40.0 Å². The average Bonchev–Trinajstić information content (AvgIpc) is 3.06. The van der Waals surface area contributed by atoms with Gasteiger partial charge in [-0.3, -0.25) is 4.98 Å². The fourth-order valence-electron chi connectivity index (χ4n) is 3.51. The van der Waals surface area contributed by atoms with Gasteiger partial charge in [0, 0.05) is 18.0 Å². The lowest BCUT2D eigenvalue weighted by atomic mass is 9.82. The van der Waals surface area contributed by atoms with Gasteiger partial charge in [0.1, 0.15) is 0 Å². The van der Waals surface area contributed by atoms with Crippen molar-refractivity contribution < 1.29 is 0 Å². The lowest BCUT2D eigenvalue weighted by Gasteiger charge is -2.23. The van der Waals surface area contributed by atoms with Gasteiger partial charge in [0.2, 0.25) is 0 Å². The molecule has 0 unspecified atom stereocenters. The molecular formula is C24H24N2S. The first-order valence-electron chi connectivity index (χ1n) is 9.26. The van der Waals surface area contributed by atoms with Crippen LogP contribution in [0.3, 0.4) is 0 Å². The molecule has 0 amide bonds. The molecule has 2 aromatic carbocycles. The molecule has 0 radical (unpaired) electrons. The van der Waals surface area contributed by atoms with Crippen molar-refractivity contribution in [3.05, 3.63) is 71.0 Å². The molecule has 0 saturated heterocycles. The summed E-state index contributed by atoms with van der Waals surface area (Å²) < 4.78 is 0. The number of nitrogens with zero attached hydrogens (tertiary/aromatic N) is 2. The van der Waals surface area contributed by atoms with Crippen LogP contribution in [0.4, 0.5) is 0 Å². The first-order valence-corrected chi connectivity index (χ1v) is 10.1. The van der Waals surface area contributed by atoms with E-state index in [4.69, 9.17) is 4.98 Å². The van der Waals surface area contributed by atoms with Crippen molar-refractivity contribution in [2.24, 2.45) is 0 Å². The highest BCUT2D eigenvalue weighted by Gasteiger charge is 2.19. The van der Waals surface area contributed by atoms with Gasteiger partial charge < -0.3 is 0 Å². The molecule has 27 heavy (non-hydrogen) atoms. The number of pyridine rings is 1. The number of rotatable bonds is 2. The first kappa shape index (κ1) is 17.9. The SMILES string of the molecule is Cc1ncc(-c2cc(-c3cc(C(C)(C)C)c4ccccc4c3)ncc2C)s1. The lowest BCUT2D eigenvalue weighted by Crippen LogP contribution is -2.12. The van der Waals surface area contributed by atoms with E-state index in [0.717, 1.165) is 10.7 Å². The van der Waals surface area contributed by atoms with E-state index in [2.05, 4.69) is 75.1 Å². The number of aryl methyl sites for hydroxylation is 2. The third-order valence-corrected chi connectivity index (χ3v) is 5.90. The van der Waals surface area contributed by atoms with E-state index in [1.54, 1.807) is 11.3 Å². The lowest BCUT2D eigenvalue weighted by molar-refractivity contribution is 0.596. The molecule has 0 bridgehead atoms. The van der Waals surface area contributed by atoms with Crippen LogP contribution in [0.25, 0.3) is 32.5 Å². The first-order chi connectivity index (χ1) is 12.8. The van der Waals surface area contributed by atoms with Crippen LogP contribution in [0.5, 0.6) is 0 Å². The summed E-state index contributed by atoms with van der Waals surface area (Å²) in [6.45, 7) is 11.0. The van der Waals surface area contributed by atoms with E-state index >= 15 is 0 Å². The topological polar surface area (TPSA) is 25.8 Å². The average molecular weight is 373 g/mol. The van der Waals surface area contributed by atoms with Crippen molar-refractivity contribution in [3.8, 4) is 21.7 Å². The molecule has 4 aromatic rings. The normalized spacial score (nSPS) is 11.9. The molecule has 2 nitrogen and oxygen atoms in total. The quantitative estimate of drug-likeness (QED) is 0.381. The molecule has 136 valence electrons. The summed E-state index contributed by atoms with van der Waals surface area (Å²) in [6.07, 6.45) is 3.94. The molecule has 3 heteroatoms. The van der Waals surface area contributed by atoms with E-state index in [1.807, 2.05) is 19.3 Å². The molecule has 0 aliphatic rings. The molecule has 2 aromatic heterocycles. The Morgan fingerprint density at radius 2 is 1.67 bits per heavy atom. The highest BCUT2D eigenvalue weighted by Crippen LogP contribution is 2.36. The summed E-state index contributed by atoms with van der Waals surface area (Å²) >= 11 is 1.73. The Kier molecular flexibility index (Phi) is 4.35. The smallest absolute Gasteiger partial charge is 0.0900 e. The number of fused-ring (bicyclic) bond motifs is 1. The molecule has 0 aliphatic carbocycles. The van der Waals surface area contributed by atoms with E-state index < -0.39 is 0 Å². The van der Waals surface area contributed by atoms with Crippen LogP contribution >= 0.6 is 11.3 Å². The summed E-state index contributed by atoms with van der Waals surface area (Å²) in [5.41, 5.74) is 6.00. The third-order valence-electron chi connectivity index (χ3n) is 4.96. The molecule has 0 aliphatic heterocycles. The third kappa shape index (κ3) is 3.40. The van der Waals surface area contributed by atoms with Crippen molar-refractivity contribution in [1.82, 2.24) is 9.97 Å². The second-order valence-electron chi connectivity index (χ2n) is 8.12. The van der Waals surface area contributed by atoms with E-state index in [9.17, 15) is 0 Å². The zero-order valence-electron chi connectivity index (χ0n) is 16.5. The second kappa shape index (κ2) is 6.58. The second-order valence-corrected chi connectivity index (χ2v) is 9.36. The Morgan fingerprint density at radius 3 is 2.37 bits per heavy atom. The van der Waals surface area contributed by atoms with Gasteiger partial charge in [-0.2, -0.15) is 0 Å². The Morgan fingerprint density at radius 1 is 0.889 bits per heavy atom. The predicted octanol–water partition coefficient (Wildman–Crippen LogP) is 6.94. The molecule has 0 fully saturated rings. The minimum absolute atomic E-state index is 0.0674. The maximum atomic E-state index is 4.76. The highest BCUT2D eigenvalue weighted by atomic mass is 32.1. The summed E-state index contributed by atoms with van der Waals surface area (Å²) in [4.78, 5) is 10.4. The molecule has 0 atom stereocenters. The predicted molar refractivity (Wildman–Crippen MR) is 116 cm³/mol. The Hall–Kier alpha value is -2.52. The van der Waals surface area contributed by atoms with Crippen LogP contribution in [-0.4, -0.2) is 9.97 Å². The number of thiazole rings is 1. The fourth-order valence-corrected chi connectivity index (χ4v) is 4.37. The van der Waals surface area contributed by atoms with Crippen molar-refractivity contribution >= 4 is 22.1 Å². The van der Waals surface area contributed by atoms with E-state index in [0.29, 0.717) is 0 Å². The number of benzene rings is 2. The number of hydrogen-bond donors (Lipinski definition) is 0. The molecule has 0 saturated carbocycles. The Bertz CT molecular complexity index is 1130. The van der Waals surface area contributed by atoms with E-state index in [1.165, 1.54) is 37.9 Å². The Labute approximate surface area is 164 Å². The summed E-state index contributed by atoms with van der Waals surface area (Å²) in [7, 11) is 0. The Balaban J connectivity index is 1.93. The summed E-state index contributed by atoms with van der Waals surface area (Å²) in [5.74, 6) is 0. The molecule has 0 N–H and O–H groups in total. The van der Waals surface area contributed by atoms with Crippen molar-refractivity contribution in [3.63, 3.8) is 0 Å². The minimum atomic E-state index is 0.0674. The van der Waals surface area contributed by atoms with Crippen LogP contribution in [0.15, 0.2) is 54.9 Å². The van der Waals surface area contributed by atoms with Crippen molar-refractivity contribution in [2.75, 3.05) is 0 Å². The minimum Gasteiger partial charge on any atom is -0.256 e. The fraction of sp³-hybridized carbons (Fsp3) is 0.250. The zero-order valence-corrected chi connectivity index (χ0v) is 17.3. The van der Waals surface area contributed by atoms with Gasteiger partial charge in [-0.25, -0.2) is 4.98 Å². The van der Waals surface area contributed by atoms with Gasteiger partial charge >= 0.3 is 0 Å². The summed E-state index contributed by atoms with van der Waals surface area (Å²) in [6, 6.07) is 15.4. The van der Waals surface area contributed by atoms with Gasteiger partial charge in [-0.15, -0.1) is 11.3 Å². The van der Waals surface area contributed by atoms with Crippen LogP contribution in [-0.2, 0) is 5.41 Å². The maximum Gasteiger partial charge on any atom is 0.0900 e. The number of hydrogen-bond acceptors (Lipinski definition) is 3. The van der Waals surface area contributed by atoms with Crippen LogP contribution in [0.1, 0.15) is 36.9 Å². The monoisotopic (exact) mass is 372 g/mol. The standard InChI is InChI=1S/C24H24N2S/c1-15-13-26-22(12-20(15)23-14-25-16(2)27-23)18-10-17-8-6-7-9-19(17)21(11-18)24(3,4)5/h6-14H,1-5H3. The molecule has 4 rings (SSSR count). The van der Waals surface area contributed by atoms with Gasteiger partial charge in [0.15, 0.2) is 0 Å². The van der Waals surface area contributed by atoms with Gasteiger partial charge in [-0.05, 0) is 64.9 Å². The van der Waals surface area contributed by atoms with Gasteiger partial charge in [0.25, 0.3) is 0 Å². The zero-order chi connectivity index (χ0) is 19.2. The van der Waals surface area contributed by atoms with Gasteiger partial charge in [-0.1, -0.05) is 45.0 Å². The van der Waals surface area contributed by atoms with Crippen LogP contribution < -0.4 is 0 Å². The molecule has 2 heterocycles. The van der Waals surface area contributed by atoms with Crippen LogP contribution in [0.2, 0.25) is 0 Å². The van der Waals surface area contributed by atoms with Crippen LogP contribution in [0, 0.1) is 13.8 Å². The largest absolute Gasteiger partial charge is 0.256 e. The van der Waals surface area contributed by atoms with Crippen molar-refractivity contribution in [1.29, 1.82) is 0 Å².